The first-order valence-electron chi connectivity index (χ1n) is 15.0. The van der Waals surface area contributed by atoms with Crippen molar-refractivity contribution in [3.8, 4) is 22.6 Å². The average molecular weight is 608 g/mol. The number of hydrogen-bond acceptors (Lipinski definition) is 6. The molecule has 0 radical (unpaired) electrons. The van der Waals surface area contributed by atoms with Crippen LogP contribution in [0.2, 0.25) is 0 Å². The van der Waals surface area contributed by atoms with E-state index in [1.165, 1.54) is 12.1 Å². The predicted octanol–water partition coefficient (Wildman–Crippen LogP) is 6.26. The van der Waals surface area contributed by atoms with E-state index < -0.39 is 12.2 Å². The van der Waals surface area contributed by atoms with E-state index in [4.69, 9.17) is 4.74 Å². The molecule has 0 fully saturated rings. The summed E-state index contributed by atoms with van der Waals surface area (Å²) in [4.78, 5) is 25.6. The maximum absolute atomic E-state index is 11.6. The zero-order chi connectivity index (χ0) is 31.6. The van der Waals surface area contributed by atoms with Gasteiger partial charge in [0, 0.05) is 23.6 Å². The minimum absolute atomic E-state index is 0.0325. The molecule has 1 heterocycles. The number of phenols is 1. The lowest BCUT2D eigenvalue weighted by Crippen LogP contribution is -2.24. The van der Waals surface area contributed by atoms with Gasteiger partial charge in [-0.25, -0.2) is 4.79 Å². The third-order valence-corrected chi connectivity index (χ3v) is 7.66. The minimum Gasteiger partial charge on any atom is -0.506 e. The monoisotopic (exact) mass is 607 g/mol. The highest BCUT2D eigenvalue weighted by molar-refractivity contribution is 5.91. The second-order valence-electron chi connectivity index (χ2n) is 10.9. The molecule has 0 aliphatic carbocycles. The Balaban J connectivity index is 1.03. The van der Waals surface area contributed by atoms with Crippen molar-refractivity contribution in [1.29, 1.82) is 0 Å². The fourth-order valence-corrected chi connectivity index (χ4v) is 5.34. The van der Waals surface area contributed by atoms with Crippen LogP contribution in [-0.2, 0) is 12.8 Å². The number of fused-ring (bicyclic) bond motifs is 1. The van der Waals surface area contributed by atoms with Crippen molar-refractivity contribution in [2.45, 2.75) is 31.8 Å². The zero-order valence-corrected chi connectivity index (χ0v) is 24.8. The summed E-state index contributed by atoms with van der Waals surface area (Å²) in [6.45, 7) is 1.58. The van der Waals surface area contributed by atoms with E-state index in [-0.39, 0.29) is 11.3 Å². The number of ether oxygens (including phenoxy) is 1. The zero-order valence-electron chi connectivity index (χ0n) is 24.8. The molecule has 0 bridgehead atoms. The smallest absolute Gasteiger partial charge is 0.409 e. The first-order valence-corrected chi connectivity index (χ1v) is 15.0. The highest BCUT2D eigenvalue weighted by atomic mass is 16.5. The fourth-order valence-electron chi connectivity index (χ4n) is 5.34. The molecule has 1 unspecified atom stereocenters. The normalized spacial score (nSPS) is 11.8. The summed E-state index contributed by atoms with van der Waals surface area (Å²) in [6, 6.07) is 29.7. The summed E-state index contributed by atoms with van der Waals surface area (Å²) >= 11 is 0. The molecule has 1 atom stereocenters. The Hall–Kier alpha value is -5.12. The number of phenolic OH excluding ortho intramolecular Hbond substituents is 1. The summed E-state index contributed by atoms with van der Waals surface area (Å²) in [6.07, 6.45) is 1.48. The van der Waals surface area contributed by atoms with Crippen LogP contribution in [0.3, 0.4) is 0 Å². The molecule has 6 N–H and O–H groups in total. The molecular weight excluding hydrogens is 570 g/mol. The fraction of sp³-hybridized carbons (Fsp3) is 0.222. The molecule has 1 aromatic heterocycles. The number of rotatable bonds is 14. The van der Waals surface area contributed by atoms with Crippen LogP contribution in [0, 0.1) is 0 Å². The Morgan fingerprint density at radius 2 is 1.64 bits per heavy atom. The van der Waals surface area contributed by atoms with Crippen molar-refractivity contribution in [3.63, 3.8) is 0 Å². The van der Waals surface area contributed by atoms with E-state index >= 15 is 0 Å². The third kappa shape index (κ3) is 8.50. The van der Waals surface area contributed by atoms with Gasteiger partial charge in [-0.1, -0.05) is 60.7 Å². The third-order valence-electron chi connectivity index (χ3n) is 7.66. The first kappa shape index (κ1) is 31.3. The number of aliphatic hydroxyl groups excluding tert-OH is 1. The second-order valence-corrected chi connectivity index (χ2v) is 10.9. The van der Waals surface area contributed by atoms with Crippen molar-refractivity contribution in [2.75, 3.05) is 25.0 Å². The van der Waals surface area contributed by atoms with Crippen LogP contribution in [0.1, 0.15) is 35.6 Å². The standard InChI is InChI=1S/C36H37N3O6/c40-32-17-15-29(30-16-18-34(42)39-35(30)32)33(41)23-37-20-19-24-9-12-27(13-10-24)45-21-5-4-6-25-11-14-28(26-7-2-1-3-8-26)31(22-25)38-36(43)44/h1-3,7-18,22,33,37-38,40-41H,4-6,19-21,23H2,(H,39,42)(H,43,44). The first-order chi connectivity index (χ1) is 21.9. The van der Waals surface area contributed by atoms with Gasteiger partial charge in [-0.2, -0.15) is 0 Å². The van der Waals surface area contributed by atoms with Gasteiger partial charge < -0.3 is 30.4 Å². The van der Waals surface area contributed by atoms with E-state index in [1.807, 2.05) is 72.8 Å². The van der Waals surface area contributed by atoms with E-state index in [0.717, 1.165) is 53.7 Å². The molecule has 5 rings (SSSR count). The lowest BCUT2D eigenvalue weighted by Gasteiger charge is -2.15. The molecular formula is C36H37N3O6. The highest BCUT2D eigenvalue weighted by Gasteiger charge is 2.14. The van der Waals surface area contributed by atoms with Gasteiger partial charge in [0.25, 0.3) is 0 Å². The molecule has 4 aromatic carbocycles. The minimum atomic E-state index is -1.08. The lowest BCUT2D eigenvalue weighted by atomic mass is 9.99. The van der Waals surface area contributed by atoms with Crippen molar-refractivity contribution in [2.24, 2.45) is 0 Å². The number of aromatic hydroxyl groups is 1. The number of aliphatic hydroxyl groups is 1. The van der Waals surface area contributed by atoms with Gasteiger partial charge in [-0.3, -0.25) is 10.1 Å². The maximum Gasteiger partial charge on any atom is 0.409 e. The van der Waals surface area contributed by atoms with Crippen LogP contribution in [0.15, 0.2) is 102 Å². The van der Waals surface area contributed by atoms with Gasteiger partial charge in [-0.15, -0.1) is 0 Å². The predicted molar refractivity (Wildman–Crippen MR) is 176 cm³/mol. The number of H-pyrrole nitrogens is 1. The number of aromatic nitrogens is 1. The van der Waals surface area contributed by atoms with E-state index in [9.17, 15) is 24.9 Å². The van der Waals surface area contributed by atoms with Gasteiger partial charge in [-0.05, 0) is 84.8 Å². The number of carboxylic acid groups (broad SMARTS) is 1. The van der Waals surface area contributed by atoms with Crippen LogP contribution in [0.5, 0.6) is 11.5 Å². The van der Waals surface area contributed by atoms with Gasteiger partial charge in [0.2, 0.25) is 5.56 Å². The van der Waals surface area contributed by atoms with Gasteiger partial charge in [0.1, 0.15) is 11.5 Å². The van der Waals surface area contributed by atoms with E-state index in [2.05, 4.69) is 15.6 Å². The molecule has 1 amide bonds. The number of benzene rings is 4. The maximum atomic E-state index is 11.6. The average Bonchev–Trinajstić information content (AvgIpc) is 3.04. The van der Waals surface area contributed by atoms with E-state index in [0.29, 0.717) is 41.9 Å². The van der Waals surface area contributed by atoms with Crippen LogP contribution < -0.4 is 20.9 Å². The summed E-state index contributed by atoms with van der Waals surface area (Å²) in [5.74, 6) is 0.773. The molecule has 45 heavy (non-hydrogen) atoms. The van der Waals surface area contributed by atoms with Crippen LogP contribution in [0.25, 0.3) is 22.0 Å². The number of hydrogen-bond donors (Lipinski definition) is 6. The van der Waals surface area contributed by atoms with E-state index in [1.54, 1.807) is 12.1 Å². The lowest BCUT2D eigenvalue weighted by molar-refractivity contribution is 0.176. The molecule has 9 heteroatoms. The van der Waals surface area contributed by atoms with Crippen molar-refractivity contribution < 1.29 is 24.9 Å². The van der Waals surface area contributed by atoms with Crippen molar-refractivity contribution >= 4 is 22.7 Å². The summed E-state index contributed by atoms with van der Waals surface area (Å²) in [5.41, 5.74) is 5.24. The quantitative estimate of drug-likeness (QED) is 0.0818. The van der Waals surface area contributed by atoms with Crippen LogP contribution in [-0.4, -0.2) is 46.1 Å². The Morgan fingerprint density at radius 1 is 0.867 bits per heavy atom. The van der Waals surface area contributed by atoms with Gasteiger partial charge in [0.05, 0.1) is 23.9 Å². The van der Waals surface area contributed by atoms with Crippen molar-refractivity contribution in [1.82, 2.24) is 10.3 Å². The molecule has 9 nitrogen and oxygen atoms in total. The molecule has 0 spiro atoms. The highest BCUT2D eigenvalue weighted by Crippen LogP contribution is 2.30. The van der Waals surface area contributed by atoms with Gasteiger partial charge >= 0.3 is 6.09 Å². The van der Waals surface area contributed by atoms with Crippen LogP contribution in [0.4, 0.5) is 10.5 Å². The largest absolute Gasteiger partial charge is 0.506 e. The number of amides is 1. The topological polar surface area (TPSA) is 144 Å². The molecule has 0 saturated carbocycles. The second kappa shape index (κ2) is 15.1. The number of unbranched alkanes of at least 4 members (excludes halogenated alkanes) is 1. The Kier molecular flexibility index (Phi) is 10.5. The summed E-state index contributed by atoms with van der Waals surface area (Å²) in [5, 5.41) is 36.5. The molecule has 232 valence electrons. The Labute approximate surface area is 261 Å². The number of nitrogens with one attached hydrogen (secondary N) is 3. The molecule has 5 aromatic rings. The van der Waals surface area contributed by atoms with Crippen molar-refractivity contribution in [3.05, 3.63) is 124 Å². The summed E-state index contributed by atoms with van der Waals surface area (Å²) in [7, 11) is 0. The van der Waals surface area contributed by atoms with Crippen LogP contribution >= 0.6 is 0 Å². The molecule has 0 saturated heterocycles. The number of aromatic amines is 1. The Morgan fingerprint density at radius 3 is 2.42 bits per heavy atom. The molecule has 0 aliphatic heterocycles. The SMILES string of the molecule is O=C(O)Nc1cc(CCCCOc2ccc(CCNCC(O)c3ccc(O)c4[nH]c(=O)ccc34)cc2)ccc1-c1ccccc1. The number of anilines is 1. The van der Waals surface area contributed by atoms with Gasteiger partial charge in [0.15, 0.2) is 0 Å². The molecule has 0 aliphatic rings. The number of pyridine rings is 1. The number of aryl methyl sites for hydroxylation is 1. The number of carbonyl (C=O) groups is 1. The summed E-state index contributed by atoms with van der Waals surface area (Å²) < 4.78 is 5.93. The Bertz CT molecular complexity index is 1790.